The van der Waals surface area contributed by atoms with Gasteiger partial charge in [0.05, 0.1) is 0 Å². The molecule has 0 aromatic heterocycles. The van der Waals surface area contributed by atoms with Crippen LogP contribution in [0.15, 0.2) is 0 Å². The lowest BCUT2D eigenvalue weighted by Crippen LogP contribution is -2.41. The molecule has 0 bridgehead atoms. The molecule has 20 heavy (non-hydrogen) atoms. The molecule has 1 heterocycles. The van der Waals surface area contributed by atoms with E-state index in [9.17, 15) is 0 Å². The number of likely N-dealkylation sites (tertiary alicyclic amines) is 1. The molecule has 1 rings (SSSR count). The number of hydrogen-bond acceptors (Lipinski definition) is 3. The summed E-state index contributed by atoms with van der Waals surface area (Å²) < 4.78 is 0. The van der Waals surface area contributed by atoms with Crippen LogP contribution < -0.4 is 5.73 Å². The predicted molar refractivity (Wildman–Crippen MR) is 89.1 cm³/mol. The summed E-state index contributed by atoms with van der Waals surface area (Å²) in [5, 5.41) is 0. The Bertz CT molecular complexity index is 230. The second-order valence-electron chi connectivity index (χ2n) is 6.70. The van der Waals surface area contributed by atoms with E-state index in [1.165, 1.54) is 70.9 Å². The van der Waals surface area contributed by atoms with Gasteiger partial charge in [0.15, 0.2) is 0 Å². The first-order chi connectivity index (χ1) is 9.69. The maximum absolute atomic E-state index is 6.00. The highest BCUT2D eigenvalue weighted by Gasteiger charge is 2.28. The lowest BCUT2D eigenvalue weighted by atomic mass is 10.0. The maximum Gasteiger partial charge on any atom is 0.0229 e. The van der Waals surface area contributed by atoms with E-state index in [4.69, 9.17) is 5.73 Å². The van der Waals surface area contributed by atoms with Crippen LogP contribution in [0.4, 0.5) is 0 Å². The molecule has 120 valence electrons. The lowest BCUT2D eigenvalue weighted by Gasteiger charge is -2.27. The molecule has 2 unspecified atom stereocenters. The highest BCUT2D eigenvalue weighted by atomic mass is 15.2. The molecule has 3 nitrogen and oxygen atoms in total. The number of rotatable bonds is 11. The lowest BCUT2D eigenvalue weighted by molar-refractivity contribution is 0.207. The average molecular weight is 284 g/mol. The van der Waals surface area contributed by atoms with Crippen molar-refractivity contribution in [3.8, 4) is 0 Å². The smallest absolute Gasteiger partial charge is 0.0229 e. The van der Waals surface area contributed by atoms with Crippen LogP contribution in [0, 0.1) is 0 Å². The third-order valence-corrected chi connectivity index (χ3v) is 4.85. The number of nitrogens with two attached hydrogens (primary N) is 1. The third-order valence-electron chi connectivity index (χ3n) is 4.85. The Morgan fingerprint density at radius 3 is 2.30 bits per heavy atom. The van der Waals surface area contributed by atoms with Crippen molar-refractivity contribution in [3.05, 3.63) is 0 Å². The number of nitrogens with zero attached hydrogens (tertiary/aromatic N) is 2. The van der Waals surface area contributed by atoms with Crippen LogP contribution in [-0.4, -0.2) is 55.6 Å². The summed E-state index contributed by atoms with van der Waals surface area (Å²) in [6.07, 6.45) is 12.4. The summed E-state index contributed by atoms with van der Waals surface area (Å²) >= 11 is 0. The van der Waals surface area contributed by atoms with Crippen LogP contribution >= 0.6 is 0 Å². The van der Waals surface area contributed by atoms with Crippen LogP contribution in [0.2, 0.25) is 0 Å². The van der Waals surface area contributed by atoms with E-state index >= 15 is 0 Å². The summed E-state index contributed by atoms with van der Waals surface area (Å²) in [7, 11) is 4.39. The number of hydrogen-bond donors (Lipinski definition) is 1. The zero-order chi connectivity index (χ0) is 14.8. The van der Waals surface area contributed by atoms with Crippen molar-refractivity contribution in [2.24, 2.45) is 5.73 Å². The van der Waals surface area contributed by atoms with Crippen molar-refractivity contribution in [1.29, 1.82) is 0 Å². The van der Waals surface area contributed by atoms with Gasteiger partial charge in [-0.1, -0.05) is 51.9 Å². The van der Waals surface area contributed by atoms with Crippen LogP contribution in [-0.2, 0) is 0 Å². The normalized spacial score (nSPS) is 21.8. The molecular formula is C17H37N3. The second-order valence-corrected chi connectivity index (χ2v) is 6.70. The fraction of sp³-hybridized carbons (Fsp3) is 1.00. The van der Waals surface area contributed by atoms with Crippen LogP contribution in [0.3, 0.4) is 0 Å². The first kappa shape index (κ1) is 17.9. The van der Waals surface area contributed by atoms with Crippen molar-refractivity contribution in [1.82, 2.24) is 9.80 Å². The van der Waals surface area contributed by atoms with Gasteiger partial charge in [0.2, 0.25) is 0 Å². The molecule has 0 aromatic carbocycles. The third kappa shape index (κ3) is 6.55. The molecule has 0 radical (unpaired) electrons. The van der Waals surface area contributed by atoms with Gasteiger partial charge in [0.25, 0.3) is 0 Å². The first-order valence-corrected chi connectivity index (χ1v) is 8.79. The average Bonchev–Trinajstić information content (AvgIpc) is 2.92. The molecule has 2 atom stereocenters. The van der Waals surface area contributed by atoms with Gasteiger partial charge in [-0.3, -0.25) is 4.90 Å². The Kier molecular flexibility index (Phi) is 9.49. The molecule has 0 aromatic rings. The Morgan fingerprint density at radius 1 is 1.10 bits per heavy atom. The predicted octanol–water partition coefficient (Wildman–Crippen LogP) is 3.09. The molecule has 1 fully saturated rings. The Labute approximate surface area is 126 Å². The van der Waals surface area contributed by atoms with E-state index < -0.39 is 0 Å². The van der Waals surface area contributed by atoms with E-state index in [0.717, 1.165) is 12.6 Å². The van der Waals surface area contributed by atoms with Crippen molar-refractivity contribution < 1.29 is 0 Å². The Balaban J connectivity index is 2.11. The SMILES string of the molecule is CCCCCCCCCC(CN)N1CCC(N(C)C)C1. The Morgan fingerprint density at radius 2 is 1.75 bits per heavy atom. The molecule has 1 aliphatic rings. The quantitative estimate of drug-likeness (QED) is 0.591. The van der Waals surface area contributed by atoms with Crippen LogP contribution in [0.5, 0.6) is 0 Å². The molecule has 3 heteroatoms. The Hall–Kier alpha value is -0.120. The fourth-order valence-corrected chi connectivity index (χ4v) is 3.31. The summed E-state index contributed by atoms with van der Waals surface area (Å²) in [6, 6.07) is 1.36. The highest BCUT2D eigenvalue weighted by Crippen LogP contribution is 2.19. The fourth-order valence-electron chi connectivity index (χ4n) is 3.31. The van der Waals surface area contributed by atoms with E-state index in [1.54, 1.807) is 0 Å². The summed E-state index contributed by atoms with van der Waals surface area (Å²) in [5.74, 6) is 0. The van der Waals surface area contributed by atoms with Crippen molar-refractivity contribution >= 4 is 0 Å². The van der Waals surface area contributed by atoms with Crippen molar-refractivity contribution in [2.45, 2.75) is 76.8 Å². The van der Waals surface area contributed by atoms with Gasteiger partial charge in [-0.05, 0) is 26.9 Å². The summed E-state index contributed by atoms with van der Waals surface area (Å²) in [4.78, 5) is 4.99. The van der Waals surface area contributed by atoms with Gasteiger partial charge >= 0.3 is 0 Å². The van der Waals surface area contributed by atoms with Crippen LogP contribution in [0.1, 0.15) is 64.7 Å². The molecule has 1 aliphatic heterocycles. The zero-order valence-electron chi connectivity index (χ0n) is 14.1. The van der Waals surface area contributed by atoms with Gasteiger partial charge in [-0.2, -0.15) is 0 Å². The topological polar surface area (TPSA) is 32.5 Å². The molecule has 1 saturated heterocycles. The van der Waals surface area contributed by atoms with E-state index in [0.29, 0.717) is 6.04 Å². The minimum atomic E-state index is 0.621. The molecular weight excluding hydrogens is 246 g/mol. The van der Waals surface area contributed by atoms with Crippen molar-refractivity contribution in [2.75, 3.05) is 33.7 Å². The van der Waals surface area contributed by atoms with Crippen molar-refractivity contribution in [3.63, 3.8) is 0 Å². The van der Waals surface area contributed by atoms with E-state index in [2.05, 4.69) is 30.8 Å². The number of likely N-dealkylation sites (N-methyl/N-ethyl adjacent to an activating group) is 1. The van der Waals surface area contributed by atoms with Gasteiger partial charge in [0.1, 0.15) is 0 Å². The van der Waals surface area contributed by atoms with Crippen LogP contribution in [0.25, 0.3) is 0 Å². The molecule has 0 saturated carbocycles. The molecule has 0 spiro atoms. The number of unbranched alkanes of at least 4 members (excludes halogenated alkanes) is 6. The highest BCUT2D eigenvalue weighted by molar-refractivity contribution is 4.85. The molecule has 2 N–H and O–H groups in total. The standard InChI is InChI=1S/C17H37N3/c1-4-5-6-7-8-9-10-11-16(14-18)20-13-12-17(15-20)19(2)3/h16-17H,4-15,18H2,1-3H3. The monoisotopic (exact) mass is 283 g/mol. The minimum absolute atomic E-state index is 0.621. The van der Waals surface area contributed by atoms with Gasteiger partial charge in [0, 0.05) is 31.7 Å². The second kappa shape index (κ2) is 10.6. The van der Waals surface area contributed by atoms with Gasteiger partial charge in [-0.15, -0.1) is 0 Å². The van der Waals surface area contributed by atoms with E-state index in [1.807, 2.05) is 0 Å². The van der Waals surface area contributed by atoms with Gasteiger partial charge < -0.3 is 10.6 Å². The molecule has 0 aliphatic carbocycles. The maximum atomic E-state index is 6.00. The molecule has 0 amide bonds. The summed E-state index contributed by atoms with van der Waals surface area (Å²) in [6.45, 7) is 5.56. The largest absolute Gasteiger partial charge is 0.329 e. The zero-order valence-corrected chi connectivity index (χ0v) is 14.1. The minimum Gasteiger partial charge on any atom is -0.329 e. The van der Waals surface area contributed by atoms with Gasteiger partial charge in [-0.25, -0.2) is 0 Å². The first-order valence-electron chi connectivity index (χ1n) is 8.79. The van der Waals surface area contributed by atoms with E-state index in [-0.39, 0.29) is 0 Å². The summed E-state index contributed by atoms with van der Waals surface area (Å²) in [5.41, 5.74) is 6.00.